The van der Waals surface area contributed by atoms with Gasteiger partial charge in [-0.3, -0.25) is 4.79 Å². The lowest BCUT2D eigenvalue weighted by molar-refractivity contribution is 0.317. The molecule has 0 N–H and O–H groups in total. The van der Waals surface area contributed by atoms with Gasteiger partial charge in [0.1, 0.15) is 5.82 Å². The van der Waals surface area contributed by atoms with Crippen LogP contribution >= 0.6 is 0 Å². The molecule has 5 nitrogen and oxygen atoms in total. The zero-order valence-corrected chi connectivity index (χ0v) is 17.6. The Hall–Kier alpha value is -2.80. The minimum absolute atomic E-state index is 0.152. The Morgan fingerprint density at radius 2 is 1.69 bits per heavy atom. The number of hydrogen-bond donors (Lipinski definition) is 0. The summed E-state index contributed by atoms with van der Waals surface area (Å²) in [5, 5.41) is 4.32. The Balaban J connectivity index is 2.29. The van der Waals surface area contributed by atoms with Gasteiger partial charge in [-0.05, 0) is 40.8 Å². The molecule has 0 amide bonds. The molecule has 0 fully saturated rings. The Labute approximate surface area is 169 Å². The minimum atomic E-state index is -3.41. The highest BCUT2D eigenvalue weighted by atomic mass is 32.2. The van der Waals surface area contributed by atoms with Crippen LogP contribution in [0.3, 0.4) is 0 Å². The van der Waals surface area contributed by atoms with Gasteiger partial charge in [-0.2, -0.15) is 5.10 Å². The maximum atomic E-state index is 13.4. The van der Waals surface area contributed by atoms with Crippen LogP contribution in [0, 0.1) is 11.2 Å². The van der Waals surface area contributed by atoms with Crippen molar-refractivity contribution in [2.24, 2.45) is 5.41 Å². The molecule has 0 saturated heterocycles. The molecule has 2 aromatic carbocycles. The summed E-state index contributed by atoms with van der Waals surface area (Å²) in [7, 11) is -3.41. The lowest BCUT2D eigenvalue weighted by Gasteiger charge is -2.20. The second kappa shape index (κ2) is 7.55. The van der Waals surface area contributed by atoms with Crippen molar-refractivity contribution in [3.8, 4) is 22.3 Å². The number of hydrogen-bond acceptors (Lipinski definition) is 4. The first-order valence-corrected chi connectivity index (χ1v) is 11.0. The van der Waals surface area contributed by atoms with Crippen molar-refractivity contribution in [2.45, 2.75) is 32.2 Å². The Morgan fingerprint density at radius 3 is 2.28 bits per heavy atom. The van der Waals surface area contributed by atoms with Gasteiger partial charge in [0, 0.05) is 18.4 Å². The van der Waals surface area contributed by atoms with E-state index in [1.54, 1.807) is 18.3 Å². The largest absolute Gasteiger partial charge is 0.275 e. The second-order valence-corrected chi connectivity index (χ2v) is 10.3. The molecule has 0 spiro atoms. The van der Waals surface area contributed by atoms with Crippen molar-refractivity contribution in [3.05, 3.63) is 70.9 Å². The third kappa shape index (κ3) is 4.79. The molecule has 29 heavy (non-hydrogen) atoms. The average molecular weight is 415 g/mol. The predicted molar refractivity (Wildman–Crippen MR) is 112 cm³/mol. The Morgan fingerprint density at radius 1 is 1.03 bits per heavy atom. The first kappa shape index (κ1) is 20.9. The first-order valence-electron chi connectivity index (χ1n) is 9.12. The zero-order valence-electron chi connectivity index (χ0n) is 16.8. The van der Waals surface area contributed by atoms with Crippen molar-refractivity contribution >= 4 is 9.84 Å². The molecule has 0 aliphatic rings. The minimum Gasteiger partial charge on any atom is -0.267 e. The maximum Gasteiger partial charge on any atom is 0.275 e. The van der Waals surface area contributed by atoms with Gasteiger partial charge >= 0.3 is 0 Å². The fourth-order valence-corrected chi connectivity index (χ4v) is 3.73. The van der Waals surface area contributed by atoms with Gasteiger partial charge in [0.25, 0.3) is 5.56 Å². The molecule has 0 radical (unpaired) electrons. The molecule has 0 bridgehead atoms. The van der Waals surface area contributed by atoms with Gasteiger partial charge in [-0.25, -0.2) is 17.5 Å². The highest BCUT2D eigenvalue weighted by Gasteiger charge is 2.20. The van der Waals surface area contributed by atoms with Crippen LogP contribution in [0.1, 0.15) is 20.8 Å². The van der Waals surface area contributed by atoms with E-state index in [2.05, 4.69) is 5.10 Å². The van der Waals surface area contributed by atoms with Crippen LogP contribution in [0.4, 0.5) is 4.39 Å². The van der Waals surface area contributed by atoms with Crippen LogP contribution in [0.15, 0.2) is 64.4 Å². The fourth-order valence-electron chi connectivity index (χ4n) is 3.06. The van der Waals surface area contributed by atoms with E-state index in [-0.39, 0.29) is 15.9 Å². The molecule has 3 rings (SSSR count). The van der Waals surface area contributed by atoms with E-state index in [1.165, 1.54) is 41.1 Å². The highest BCUT2D eigenvalue weighted by Crippen LogP contribution is 2.30. The third-order valence-corrected chi connectivity index (χ3v) is 5.48. The van der Waals surface area contributed by atoms with Crippen LogP contribution < -0.4 is 5.56 Å². The standard InChI is InChI=1S/C22H23FN2O3S/c1-22(2,3)14-25-21(26)20(15-8-10-17(23)11-9-15)19(13-24-25)16-6-5-7-18(12-16)29(4,27)28/h5-13H,14H2,1-4H3. The topological polar surface area (TPSA) is 69.0 Å². The number of sulfone groups is 1. The number of benzene rings is 2. The van der Waals surface area contributed by atoms with E-state index in [0.29, 0.717) is 28.8 Å². The smallest absolute Gasteiger partial charge is 0.267 e. The molecule has 1 heterocycles. The van der Waals surface area contributed by atoms with E-state index in [1.807, 2.05) is 20.8 Å². The summed E-state index contributed by atoms with van der Waals surface area (Å²) < 4.78 is 38.8. The second-order valence-electron chi connectivity index (χ2n) is 8.26. The third-order valence-electron chi connectivity index (χ3n) is 4.37. The van der Waals surface area contributed by atoms with Crippen LogP contribution in [0.2, 0.25) is 0 Å². The van der Waals surface area contributed by atoms with E-state index in [4.69, 9.17) is 0 Å². The number of aromatic nitrogens is 2. The number of nitrogens with zero attached hydrogens (tertiary/aromatic N) is 2. The molecule has 7 heteroatoms. The van der Waals surface area contributed by atoms with E-state index in [9.17, 15) is 17.6 Å². The summed E-state index contributed by atoms with van der Waals surface area (Å²) in [5.74, 6) is -0.404. The van der Waals surface area contributed by atoms with Gasteiger partial charge in [-0.15, -0.1) is 0 Å². The normalized spacial score (nSPS) is 12.2. The average Bonchev–Trinajstić information content (AvgIpc) is 2.62. The van der Waals surface area contributed by atoms with Gasteiger partial charge in [0.15, 0.2) is 9.84 Å². The molecule has 0 aliphatic heterocycles. The summed E-state index contributed by atoms with van der Waals surface area (Å²) in [4.78, 5) is 13.4. The van der Waals surface area contributed by atoms with Gasteiger partial charge in [0.2, 0.25) is 0 Å². The summed E-state index contributed by atoms with van der Waals surface area (Å²) in [6, 6.07) is 12.0. The van der Waals surface area contributed by atoms with Crippen molar-refractivity contribution in [2.75, 3.05) is 6.26 Å². The molecule has 152 valence electrons. The van der Waals surface area contributed by atoms with Gasteiger partial charge in [0.05, 0.1) is 16.7 Å². The van der Waals surface area contributed by atoms with Crippen LogP contribution in [-0.4, -0.2) is 24.5 Å². The summed E-state index contributed by atoms with van der Waals surface area (Å²) in [6.07, 6.45) is 2.69. The first-order chi connectivity index (χ1) is 13.5. The monoisotopic (exact) mass is 414 g/mol. The van der Waals surface area contributed by atoms with Crippen molar-refractivity contribution in [3.63, 3.8) is 0 Å². The molecular weight excluding hydrogens is 391 g/mol. The fraction of sp³-hybridized carbons (Fsp3) is 0.273. The highest BCUT2D eigenvalue weighted by molar-refractivity contribution is 7.90. The van der Waals surface area contributed by atoms with Crippen molar-refractivity contribution in [1.82, 2.24) is 9.78 Å². The van der Waals surface area contributed by atoms with Crippen molar-refractivity contribution < 1.29 is 12.8 Å². The molecule has 0 saturated carbocycles. The quantitative estimate of drug-likeness (QED) is 0.643. The van der Waals surface area contributed by atoms with Gasteiger partial charge < -0.3 is 0 Å². The molecular formula is C22H23FN2O3S. The predicted octanol–water partition coefficient (Wildman–Crippen LogP) is 4.17. The van der Waals surface area contributed by atoms with E-state index < -0.39 is 15.7 Å². The summed E-state index contributed by atoms with van der Waals surface area (Å²) in [6.45, 7) is 6.41. The van der Waals surface area contributed by atoms with Crippen LogP contribution in [-0.2, 0) is 16.4 Å². The summed E-state index contributed by atoms with van der Waals surface area (Å²) >= 11 is 0. The summed E-state index contributed by atoms with van der Waals surface area (Å²) in [5.41, 5.74) is 1.47. The van der Waals surface area contributed by atoms with Crippen LogP contribution in [0.25, 0.3) is 22.3 Å². The molecule has 1 aromatic heterocycles. The number of halogens is 1. The maximum absolute atomic E-state index is 13.4. The Kier molecular flexibility index (Phi) is 5.45. The van der Waals surface area contributed by atoms with E-state index in [0.717, 1.165) is 6.26 Å². The SMILES string of the molecule is CC(C)(C)Cn1ncc(-c2cccc(S(C)(=O)=O)c2)c(-c2ccc(F)cc2)c1=O. The zero-order chi connectivity index (χ0) is 21.4. The number of rotatable bonds is 4. The van der Waals surface area contributed by atoms with Gasteiger partial charge in [-0.1, -0.05) is 45.0 Å². The molecule has 0 unspecified atom stereocenters. The molecule has 0 aliphatic carbocycles. The lowest BCUT2D eigenvalue weighted by Crippen LogP contribution is -2.30. The lowest BCUT2D eigenvalue weighted by atomic mass is 9.95. The van der Waals surface area contributed by atoms with Crippen molar-refractivity contribution in [1.29, 1.82) is 0 Å². The van der Waals surface area contributed by atoms with Crippen LogP contribution in [0.5, 0.6) is 0 Å². The van der Waals surface area contributed by atoms with E-state index >= 15 is 0 Å². The Bertz CT molecular complexity index is 1210. The molecule has 0 atom stereocenters. The molecule has 3 aromatic rings.